The predicted octanol–water partition coefficient (Wildman–Crippen LogP) is 3.71. The first-order valence-corrected chi connectivity index (χ1v) is 12.1. The first-order valence-electron chi connectivity index (χ1n) is 7.92. The molecule has 5 heteroatoms. The van der Waals surface area contributed by atoms with E-state index in [9.17, 15) is 5.11 Å². The Balaban J connectivity index is 1.99. The van der Waals surface area contributed by atoms with E-state index >= 15 is 0 Å². The van der Waals surface area contributed by atoms with Crippen molar-refractivity contribution in [3.8, 4) is 0 Å². The molecule has 0 unspecified atom stereocenters. The second-order valence-corrected chi connectivity index (χ2v) is 11.0. The van der Waals surface area contributed by atoms with Crippen molar-refractivity contribution in [3.63, 3.8) is 0 Å². The molecule has 0 aliphatic rings. The van der Waals surface area contributed by atoms with Gasteiger partial charge in [0.25, 0.3) is 0 Å². The third-order valence-electron chi connectivity index (χ3n) is 3.52. The summed E-state index contributed by atoms with van der Waals surface area (Å²) < 4.78 is 4.77. The van der Waals surface area contributed by atoms with Gasteiger partial charge in [-0.05, 0) is 0 Å². The molecule has 0 aromatic heterocycles. The van der Waals surface area contributed by atoms with Gasteiger partial charge in [-0.1, -0.05) is 0 Å². The molecule has 0 amide bonds. The van der Waals surface area contributed by atoms with E-state index in [1.165, 1.54) is 19.0 Å². The van der Waals surface area contributed by atoms with Crippen LogP contribution in [0.1, 0.15) is 5.56 Å². The molecular weight excluding hydrogens is 497 g/mol. The van der Waals surface area contributed by atoms with Crippen molar-refractivity contribution >= 4 is 66.5 Å². The third kappa shape index (κ3) is 5.49. The van der Waals surface area contributed by atoms with Gasteiger partial charge >= 0.3 is 177 Å². The van der Waals surface area contributed by atoms with Crippen molar-refractivity contribution in [1.29, 1.82) is 0 Å². The van der Waals surface area contributed by atoms with E-state index in [2.05, 4.69) is 24.3 Å². The molecule has 0 saturated heterocycles. The Morgan fingerprint density at radius 1 is 0.692 bits per heavy atom. The fourth-order valence-corrected chi connectivity index (χ4v) is 7.16. The average Bonchev–Trinajstić information content (AvgIpc) is 2.68. The topological polar surface area (TPSA) is 20.2 Å². The molecule has 0 heterocycles. The predicted molar refractivity (Wildman–Crippen MR) is 114 cm³/mol. The van der Waals surface area contributed by atoms with Crippen LogP contribution in [0.15, 0.2) is 83.3 Å². The number of hydrogen-bond donors (Lipinski definition) is 1. The van der Waals surface area contributed by atoms with Gasteiger partial charge in [-0.25, -0.2) is 0 Å². The van der Waals surface area contributed by atoms with Gasteiger partial charge < -0.3 is 0 Å². The average molecular weight is 513 g/mol. The standard InChI is InChI=1S/C21H16Cl2OSe2/c22-16-6-10-18(11-7-16)25-20(14-24)21(15-4-2-1-3-5-15)26-19-12-8-17(23)9-13-19/h1-13,24H,14H2/b21-20-. The van der Waals surface area contributed by atoms with Crippen molar-refractivity contribution in [3.05, 3.63) is 98.9 Å². The molecule has 26 heavy (non-hydrogen) atoms. The van der Waals surface area contributed by atoms with Crippen LogP contribution in [-0.4, -0.2) is 41.6 Å². The SMILES string of the molecule is OC/C([Se]c1ccc(Cl)cc1)=C(/[Se]c1ccc(Cl)cc1)c1ccccc1. The number of benzene rings is 3. The zero-order chi connectivity index (χ0) is 18.4. The van der Waals surface area contributed by atoms with Crippen LogP contribution in [-0.2, 0) is 0 Å². The Morgan fingerprint density at radius 2 is 1.19 bits per heavy atom. The summed E-state index contributed by atoms with van der Waals surface area (Å²) in [5, 5.41) is 11.6. The normalized spacial score (nSPS) is 12.0. The molecule has 0 bridgehead atoms. The summed E-state index contributed by atoms with van der Waals surface area (Å²) in [6, 6.07) is 26.2. The summed E-state index contributed by atoms with van der Waals surface area (Å²) in [4.78, 5) is 0. The summed E-state index contributed by atoms with van der Waals surface area (Å²) in [7, 11) is 0. The Hall–Kier alpha value is -1.02. The molecule has 0 aliphatic heterocycles. The van der Waals surface area contributed by atoms with Gasteiger partial charge in [0.05, 0.1) is 0 Å². The molecule has 0 spiro atoms. The van der Waals surface area contributed by atoms with Gasteiger partial charge in [0.2, 0.25) is 0 Å². The Morgan fingerprint density at radius 3 is 1.69 bits per heavy atom. The van der Waals surface area contributed by atoms with Gasteiger partial charge in [-0.2, -0.15) is 0 Å². The zero-order valence-electron chi connectivity index (χ0n) is 13.7. The summed E-state index contributed by atoms with van der Waals surface area (Å²) >= 11 is 12.1. The minimum absolute atomic E-state index is 0.0404. The fourth-order valence-electron chi connectivity index (χ4n) is 2.28. The van der Waals surface area contributed by atoms with Crippen LogP contribution in [0.25, 0.3) is 4.47 Å². The number of halogens is 2. The Bertz CT molecular complexity index is 876. The molecule has 1 N–H and O–H groups in total. The first-order chi connectivity index (χ1) is 12.7. The molecule has 0 saturated carbocycles. The number of rotatable bonds is 6. The summed E-state index contributed by atoms with van der Waals surface area (Å²) in [5.74, 6) is 0. The molecule has 3 aromatic rings. The van der Waals surface area contributed by atoms with Gasteiger partial charge in [-0.15, -0.1) is 0 Å². The number of aliphatic hydroxyl groups is 1. The van der Waals surface area contributed by atoms with Crippen LogP contribution < -0.4 is 8.92 Å². The van der Waals surface area contributed by atoms with Crippen LogP contribution in [0.3, 0.4) is 0 Å². The fraction of sp³-hybridized carbons (Fsp3) is 0.0476. The minimum atomic E-state index is 0.0404. The van der Waals surface area contributed by atoms with Crippen LogP contribution >= 0.6 is 23.2 Å². The van der Waals surface area contributed by atoms with Gasteiger partial charge in [0, 0.05) is 0 Å². The molecule has 3 aromatic carbocycles. The van der Waals surface area contributed by atoms with Gasteiger partial charge in [-0.3, -0.25) is 0 Å². The molecule has 3 rings (SSSR count). The molecule has 0 radical (unpaired) electrons. The van der Waals surface area contributed by atoms with Gasteiger partial charge in [0.1, 0.15) is 0 Å². The molecular formula is C21H16Cl2OSe2. The van der Waals surface area contributed by atoms with Crippen molar-refractivity contribution in [2.24, 2.45) is 0 Å². The van der Waals surface area contributed by atoms with Crippen LogP contribution in [0, 0.1) is 0 Å². The molecule has 0 atom stereocenters. The monoisotopic (exact) mass is 514 g/mol. The second-order valence-electron chi connectivity index (χ2n) is 5.39. The van der Waals surface area contributed by atoms with E-state index in [1.54, 1.807) is 0 Å². The summed E-state index contributed by atoms with van der Waals surface area (Å²) in [5.41, 5.74) is 1.17. The third-order valence-corrected chi connectivity index (χ3v) is 9.47. The molecule has 1 nitrogen and oxygen atoms in total. The maximum atomic E-state index is 10.1. The van der Waals surface area contributed by atoms with Crippen molar-refractivity contribution < 1.29 is 5.11 Å². The van der Waals surface area contributed by atoms with E-state index in [1.807, 2.05) is 54.6 Å². The molecule has 132 valence electrons. The molecule has 0 aliphatic carbocycles. The van der Waals surface area contributed by atoms with Crippen LogP contribution in [0.4, 0.5) is 0 Å². The Kier molecular flexibility index (Phi) is 7.42. The first kappa shape index (κ1) is 19.7. The van der Waals surface area contributed by atoms with Crippen LogP contribution in [0.5, 0.6) is 0 Å². The van der Waals surface area contributed by atoms with Gasteiger partial charge in [0.15, 0.2) is 0 Å². The second kappa shape index (κ2) is 9.78. The van der Waals surface area contributed by atoms with E-state index in [4.69, 9.17) is 23.2 Å². The van der Waals surface area contributed by atoms with Crippen molar-refractivity contribution in [2.75, 3.05) is 6.61 Å². The van der Waals surface area contributed by atoms with E-state index in [-0.39, 0.29) is 36.5 Å². The number of aliphatic hydroxyl groups excluding tert-OH is 1. The zero-order valence-corrected chi connectivity index (χ0v) is 18.7. The van der Waals surface area contributed by atoms with Crippen LogP contribution in [0.2, 0.25) is 10.0 Å². The van der Waals surface area contributed by atoms with Crippen molar-refractivity contribution in [1.82, 2.24) is 0 Å². The van der Waals surface area contributed by atoms with E-state index in [0.717, 1.165) is 14.5 Å². The van der Waals surface area contributed by atoms with E-state index < -0.39 is 0 Å². The molecule has 0 fully saturated rings. The Labute approximate surface area is 176 Å². The summed E-state index contributed by atoms with van der Waals surface area (Å²) in [6.07, 6.45) is 0. The summed E-state index contributed by atoms with van der Waals surface area (Å²) in [6.45, 7) is 0.0577. The quantitative estimate of drug-likeness (QED) is 0.499. The van der Waals surface area contributed by atoms with Crippen molar-refractivity contribution in [2.45, 2.75) is 0 Å². The van der Waals surface area contributed by atoms with E-state index in [0.29, 0.717) is 0 Å². The maximum absolute atomic E-state index is 10.1. The number of hydrogen-bond acceptors (Lipinski definition) is 1.